The fourth-order valence-electron chi connectivity index (χ4n) is 2.19. The molecule has 6 heteroatoms. The lowest BCUT2D eigenvalue weighted by atomic mass is 9.85. The Morgan fingerprint density at radius 1 is 1.00 bits per heavy atom. The molecule has 4 nitrogen and oxygen atoms in total. The van der Waals surface area contributed by atoms with Gasteiger partial charge in [0.2, 0.25) is 5.91 Å². The van der Waals surface area contributed by atoms with Crippen molar-refractivity contribution in [3.63, 3.8) is 0 Å². The molecular formula is C9H19Cl2N3O. The van der Waals surface area contributed by atoms with Crippen molar-refractivity contribution in [2.75, 3.05) is 26.2 Å². The van der Waals surface area contributed by atoms with Crippen LogP contribution in [0.3, 0.4) is 0 Å². The molecule has 0 aromatic rings. The highest BCUT2D eigenvalue weighted by Gasteiger charge is 2.33. The highest BCUT2D eigenvalue weighted by atomic mass is 35.5. The van der Waals surface area contributed by atoms with Gasteiger partial charge in [0, 0.05) is 12.1 Å². The summed E-state index contributed by atoms with van der Waals surface area (Å²) in [6.45, 7) is 3.45. The maximum atomic E-state index is 11.1. The van der Waals surface area contributed by atoms with Crippen molar-refractivity contribution >= 4 is 30.7 Å². The van der Waals surface area contributed by atoms with Crippen molar-refractivity contribution in [1.29, 1.82) is 0 Å². The van der Waals surface area contributed by atoms with Crippen LogP contribution in [0.1, 0.15) is 19.3 Å². The number of carbonyl (C=O) groups is 1. The third-order valence-electron chi connectivity index (χ3n) is 3.11. The average molecular weight is 256 g/mol. The lowest BCUT2D eigenvalue weighted by molar-refractivity contribution is -0.119. The summed E-state index contributed by atoms with van der Waals surface area (Å²) in [5.74, 6) is 0.135. The van der Waals surface area contributed by atoms with Crippen LogP contribution in [0.15, 0.2) is 0 Å². The molecule has 2 heterocycles. The normalized spacial score (nSPS) is 24.4. The van der Waals surface area contributed by atoms with E-state index in [9.17, 15) is 4.79 Å². The minimum absolute atomic E-state index is 0. The van der Waals surface area contributed by atoms with Gasteiger partial charge in [-0.15, -0.1) is 24.8 Å². The minimum atomic E-state index is 0. The number of hydrogen-bond donors (Lipinski definition) is 3. The van der Waals surface area contributed by atoms with Gasteiger partial charge in [0.05, 0.1) is 6.54 Å². The fraction of sp³-hybridized carbons (Fsp3) is 0.889. The highest BCUT2D eigenvalue weighted by Crippen LogP contribution is 2.22. The van der Waals surface area contributed by atoms with Crippen LogP contribution >= 0.6 is 24.8 Å². The van der Waals surface area contributed by atoms with Crippen LogP contribution in [0.4, 0.5) is 0 Å². The van der Waals surface area contributed by atoms with Crippen LogP contribution < -0.4 is 16.0 Å². The summed E-state index contributed by atoms with van der Waals surface area (Å²) in [5, 5.41) is 9.63. The van der Waals surface area contributed by atoms with E-state index in [1.807, 2.05) is 0 Å². The SMILES string of the molecule is Cl.Cl.O=C1CNC2(CCNCC2)CCN1. The van der Waals surface area contributed by atoms with E-state index in [0.717, 1.165) is 38.9 Å². The number of halogens is 2. The van der Waals surface area contributed by atoms with Gasteiger partial charge in [0.15, 0.2) is 0 Å². The van der Waals surface area contributed by atoms with E-state index in [4.69, 9.17) is 0 Å². The largest absolute Gasteiger partial charge is 0.355 e. The van der Waals surface area contributed by atoms with E-state index in [2.05, 4.69) is 16.0 Å². The standard InChI is InChI=1S/C9H17N3O.2ClH/c13-8-7-12-9(3-6-11-8)1-4-10-5-2-9;;/h10,12H,1-7H2,(H,11,13);2*1H. The van der Waals surface area contributed by atoms with Crippen LogP contribution in [-0.2, 0) is 4.79 Å². The number of rotatable bonds is 0. The number of hydrogen-bond acceptors (Lipinski definition) is 3. The molecule has 0 aromatic heterocycles. The maximum absolute atomic E-state index is 11.1. The Balaban J connectivity index is 0.000000980. The smallest absolute Gasteiger partial charge is 0.233 e. The van der Waals surface area contributed by atoms with E-state index in [0.29, 0.717) is 6.54 Å². The predicted octanol–water partition coefficient (Wildman–Crippen LogP) is 0.0617. The molecule has 0 radical (unpaired) electrons. The van der Waals surface area contributed by atoms with Gasteiger partial charge in [0.25, 0.3) is 0 Å². The Hall–Kier alpha value is -0.0300. The van der Waals surface area contributed by atoms with Crippen molar-refractivity contribution in [3.8, 4) is 0 Å². The van der Waals surface area contributed by atoms with Crippen LogP contribution in [0.5, 0.6) is 0 Å². The molecule has 0 aliphatic carbocycles. The molecule has 0 bridgehead atoms. The lowest BCUT2D eigenvalue weighted by Gasteiger charge is -2.37. The maximum Gasteiger partial charge on any atom is 0.233 e. The molecule has 0 unspecified atom stereocenters. The Kier molecular flexibility index (Phi) is 6.52. The predicted molar refractivity (Wildman–Crippen MR) is 65.0 cm³/mol. The molecule has 1 spiro atoms. The monoisotopic (exact) mass is 255 g/mol. The number of carbonyl (C=O) groups excluding carboxylic acids is 1. The molecule has 2 saturated heterocycles. The van der Waals surface area contributed by atoms with E-state index in [1.165, 1.54) is 0 Å². The highest BCUT2D eigenvalue weighted by molar-refractivity contribution is 5.85. The summed E-state index contributed by atoms with van der Waals surface area (Å²) in [4.78, 5) is 11.1. The summed E-state index contributed by atoms with van der Waals surface area (Å²) in [5.41, 5.74) is 0.227. The van der Waals surface area contributed by atoms with E-state index < -0.39 is 0 Å². The molecule has 15 heavy (non-hydrogen) atoms. The Labute approximate surface area is 103 Å². The van der Waals surface area contributed by atoms with Gasteiger partial charge in [-0.1, -0.05) is 0 Å². The molecule has 0 atom stereocenters. The summed E-state index contributed by atoms with van der Waals surface area (Å²) in [6.07, 6.45) is 3.35. The van der Waals surface area contributed by atoms with Gasteiger partial charge in [0.1, 0.15) is 0 Å². The Bertz CT molecular complexity index is 208. The number of nitrogens with one attached hydrogen (secondary N) is 3. The van der Waals surface area contributed by atoms with Crippen molar-refractivity contribution in [3.05, 3.63) is 0 Å². The Morgan fingerprint density at radius 2 is 1.60 bits per heavy atom. The first kappa shape index (κ1) is 15.0. The molecular weight excluding hydrogens is 237 g/mol. The molecule has 1 amide bonds. The molecule has 0 saturated carbocycles. The first-order valence-electron chi connectivity index (χ1n) is 5.03. The third kappa shape index (κ3) is 3.79. The van der Waals surface area contributed by atoms with Gasteiger partial charge >= 0.3 is 0 Å². The zero-order valence-electron chi connectivity index (χ0n) is 8.67. The first-order chi connectivity index (χ1) is 6.31. The molecule has 0 aromatic carbocycles. The zero-order valence-corrected chi connectivity index (χ0v) is 10.3. The van der Waals surface area contributed by atoms with Crippen LogP contribution in [0.25, 0.3) is 0 Å². The van der Waals surface area contributed by atoms with Gasteiger partial charge in [-0.05, 0) is 32.4 Å². The molecule has 2 aliphatic heterocycles. The molecule has 3 N–H and O–H groups in total. The molecule has 2 rings (SSSR count). The second-order valence-electron chi connectivity index (χ2n) is 3.98. The Morgan fingerprint density at radius 3 is 2.27 bits per heavy atom. The van der Waals surface area contributed by atoms with Crippen LogP contribution in [0, 0.1) is 0 Å². The van der Waals surface area contributed by atoms with Crippen molar-refractivity contribution in [1.82, 2.24) is 16.0 Å². The van der Waals surface area contributed by atoms with Gasteiger partial charge < -0.3 is 16.0 Å². The average Bonchev–Trinajstić information content (AvgIpc) is 2.32. The zero-order chi connectivity index (χ0) is 9.15. The number of amides is 1. The van der Waals surface area contributed by atoms with Crippen molar-refractivity contribution < 1.29 is 4.79 Å². The van der Waals surface area contributed by atoms with Gasteiger partial charge in [-0.3, -0.25) is 4.79 Å². The summed E-state index contributed by atoms with van der Waals surface area (Å²) in [7, 11) is 0. The summed E-state index contributed by atoms with van der Waals surface area (Å²) < 4.78 is 0. The van der Waals surface area contributed by atoms with Crippen molar-refractivity contribution in [2.45, 2.75) is 24.8 Å². The fourth-order valence-corrected chi connectivity index (χ4v) is 2.19. The molecule has 2 aliphatic rings. The minimum Gasteiger partial charge on any atom is -0.355 e. The molecule has 90 valence electrons. The van der Waals surface area contributed by atoms with Gasteiger partial charge in [-0.25, -0.2) is 0 Å². The molecule has 2 fully saturated rings. The second kappa shape index (κ2) is 6.53. The van der Waals surface area contributed by atoms with Crippen LogP contribution in [-0.4, -0.2) is 37.6 Å². The number of piperidine rings is 1. The van der Waals surface area contributed by atoms with E-state index in [1.54, 1.807) is 0 Å². The van der Waals surface area contributed by atoms with Crippen molar-refractivity contribution in [2.24, 2.45) is 0 Å². The van der Waals surface area contributed by atoms with E-state index >= 15 is 0 Å². The lowest BCUT2D eigenvalue weighted by Crippen LogP contribution is -2.52. The topological polar surface area (TPSA) is 53.2 Å². The van der Waals surface area contributed by atoms with Crippen LogP contribution in [0.2, 0.25) is 0 Å². The third-order valence-corrected chi connectivity index (χ3v) is 3.11. The van der Waals surface area contributed by atoms with E-state index in [-0.39, 0.29) is 36.3 Å². The first-order valence-corrected chi connectivity index (χ1v) is 5.03. The van der Waals surface area contributed by atoms with Gasteiger partial charge in [-0.2, -0.15) is 0 Å². The quantitative estimate of drug-likeness (QED) is 0.574. The second-order valence-corrected chi connectivity index (χ2v) is 3.98. The summed E-state index contributed by atoms with van der Waals surface area (Å²) >= 11 is 0. The summed E-state index contributed by atoms with van der Waals surface area (Å²) in [6, 6.07) is 0.